The molecule has 1 saturated carbocycles. The number of alkyl halides is 2. The third kappa shape index (κ3) is 58.4. The predicted octanol–water partition coefficient (Wildman–Crippen LogP) is 34.5. The normalized spacial score (nSPS) is 11.9. The molecule has 110 heavy (non-hydrogen) atoms. The van der Waals surface area contributed by atoms with Crippen LogP contribution in [0.2, 0.25) is 15.1 Å². The van der Waals surface area contributed by atoms with Gasteiger partial charge in [0.25, 0.3) is 5.92 Å². The summed E-state index contributed by atoms with van der Waals surface area (Å²) in [6.07, 6.45) is 30.8. The average molecular weight is 1560 g/mol. The van der Waals surface area contributed by atoms with Crippen molar-refractivity contribution in [3.8, 4) is 0 Å². The Bertz CT molecular complexity index is 3320. The largest absolute Gasteiger partial charge is 0.270 e. The Balaban J connectivity index is 0.000000620. The molecule has 612 valence electrons. The van der Waals surface area contributed by atoms with Crippen molar-refractivity contribution in [2.45, 2.75) is 312 Å². The molecule has 0 nitrogen and oxygen atoms in total. The average Bonchev–Trinajstić information content (AvgIpc) is 0.789. The third-order valence-electron chi connectivity index (χ3n) is 19.7. The van der Waals surface area contributed by atoms with Crippen LogP contribution < -0.4 is 0 Å². The number of hydrogen-bond donors (Lipinski definition) is 0. The van der Waals surface area contributed by atoms with Gasteiger partial charge in [0.05, 0.1) is 0 Å². The number of rotatable bonds is 29. The van der Waals surface area contributed by atoms with E-state index in [4.69, 9.17) is 34.8 Å². The van der Waals surface area contributed by atoms with Crippen LogP contribution in [0.4, 0.5) is 8.78 Å². The number of aryl methyl sites for hydroxylation is 11. The zero-order chi connectivity index (χ0) is 82.2. The maximum atomic E-state index is 13.0. The maximum absolute atomic E-state index is 13.0. The molecule has 0 atom stereocenters. The molecule has 9 rings (SSSR count). The Morgan fingerprint density at radius 1 is 0.309 bits per heavy atom. The van der Waals surface area contributed by atoms with Gasteiger partial charge < -0.3 is 0 Å². The van der Waals surface area contributed by atoms with Gasteiger partial charge >= 0.3 is 0 Å². The molecule has 0 N–H and O–H groups in total. The lowest BCUT2D eigenvalue weighted by Crippen LogP contribution is -2.07. The van der Waals surface area contributed by atoms with Gasteiger partial charge in [0.15, 0.2) is 0 Å². The van der Waals surface area contributed by atoms with Crippen molar-refractivity contribution >= 4 is 34.8 Å². The van der Waals surface area contributed by atoms with Crippen LogP contribution in [0.3, 0.4) is 0 Å². The molecule has 0 radical (unpaired) electrons. The summed E-state index contributed by atoms with van der Waals surface area (Å²) in [7, 11) is 0. The molecule has 0 aromatic heterocycles. The second kappa shape index (κ2) is 61.9. The fourth-order valence-electron chi connectivity index (χ4n) is 11.8. The fourth-order valence-corrected chi connectivity index (χ4v) is 12.4. The minimum atomic E-state index is -2.73. The SMILES string of the molecule is CC(C)CCC1CCCCC1.CC(C)CCc1ccc(Cl)cc1.CC(C)CCc1cccc(C(C)(F)F)c1.CC(C)CCc1cccc(Cl)c1.CC(C)CCc1ccccc1.CC(C)CCc1ccccc1.CCc1ccc(CCC(C)C)cc1.Cc1ccc(CCC(C)C)cc1.Cc1ccc(CCC(C)C)cc1Cl. The zero-order valence-corrected chi connectivity index (χ0v) is 76.0. The Morgan fingerprint density at radius 3 is 0.955 bits per heavy atom. The Hall–Kier alpha value is -5.51. The summed E-state index contributed by atoms with van der Waals surface area (Å²) < 4.78 is 26.1. The quantitative estimate of drug-likeness (QED) is 0.0438. The minimum Gasteiger partial charge on any atom is -0.202 e. The van der Waals surface area contributed by atoms with E-state index in [2.05, 4.69) is 284 Å². The van der Waals surface area contributed by atoms with E-state index < -0.39 is 5.92 Å². The summed E-state index contributed by atoms with van der Waals surface area (Å²) >= 11 is 17.7. The topological polar surface area (TPSA) is 0 Å². The molecule has 0 spiro atoms. The van der Waals surface area contributed by atoms with Gasteiger partial charge in [-0.1, -0.05) is 381 Å². The molecular formula is C105H157Cl3F2. The Kier molecular flexibility index (Phi) is 57.7. The van der Waals surface area contributed by atoms with Crippen molar-refractivity contribution in [1.29, 1.82) is 0 Å². The summed E-state index contributed by atoms with van der Waals surface area (Å²) in [5.41, 5.74) is 15.0. The van der Waals surface area contributed by atoms with Gasteiger partial charge in [-0.25, -0.2) is 8.78 Å². The van der Waals surface area contributed by atoms with Crippen LogP contribution in [0.25, 0.3) is 0 Å². The van der Waals surface area contributed by atoms with Crippen molar-refractivity contribution < 1.29 is 8.78 Å². The first kappa shape index (κ1) is 102. The molecule has 1 fully saturated rings. The molecule has 5 heteroatoms. The summed E-state index contributed by atoms with van der Waals surface area (Å²) in [6, 6.07) is 68.5. The highest BCUT2D eigenvalue weighted by molar-refractivity contribution is 6.31. The van der Waals surface area contributed by atoms with E-state index in [1.54, 1.807) is 12.1 Å². The van der Waals surface area contributed by atoms with Crippen LogP contribution in [-0.2, 0) is 63.7 Å². The standard InChI is InChI=1S/C13H18F2.C13H20.C12H17Cl.C12H18.2C11H15Cl.C11H22.2C11H16/c1-10(2)7-8-11-5-4-6-12(9-11)13(3,14)15;1-4-12-7-9-13(10-8-12)6-5-11(2)3;1-9(2)4-6-11-7-5-10(3)12(13)8-11;1-10(2)4-7-12-8-5-11(3)6-9-12;1-9(2)3-4-10-5-7-11(12)8-6-10;1-9(2)6-7-10-4-3-5-11(12)8-10;3*1-10(2)8-9-11-6-4-3-5-7-11/h4-6,9-10H,7-8H2,1-3H3;7-11H,4-6H2,1-3H3;5,7-9H,4,6H2,1-3H3;5-6,8-10H,4,7H2,1-3H3;5-9H,3-4H2,1-2H3;3-5,8-9H,6-7H2,1-2H3;10-11H,3-9H2,1-2H3;2*3-7,10H,8-9H2,1-2H3. The lowest BCUT2D eigenvalue weighted by atomic mass is 9.85. The van der Waals surface area contributed by atoms with Crippen LogP contribution in [0.5, 0.6) is 0 Å². The summed E-state index contributed by atoms with van der Waals surface area (Å²) in [4.78, 5) is 0. The second-order valence-electron chi connectivity index (χ2n) is 35.0. The summed E-state index contributed by atoms with van der Waals surface area (Å²) in [6.45, 7) is 47.9. The molecule has 0 bridgehead atoms. The van der Waals surface area contributed by atoms with E-state index in [0.717, 1.165) is 125 Å². The molecule has 0 amide bonds. The highest BCUT2D eigenvalue weighted by Gasteiger charge is 2.24. The highest BCUT2D eigenvalue weighted by atomic mass is 35.5. The Morgan fingerprint density at radius 2 is 0.609 bits per heavy atom. The van der Waals surface area contributed by atoms with Crippen LogP contribution in [0.15, 0.2) is 200 Å². The van der Waals surface area contributed by atoms with E-state index in [9.17, 15) is 8.78 Å². The minimum absolute atomic E-state index is 0.115. The van der Waals surface area contributed by atoms with Crippen LogP contribution in [0.1, 0.15) is 302 Å². The fraction of sp³-hybridized carbons (Fsp3) is 0.543. The monoisotopic (exact) mass is 1560 g/mol. The lowest BCUT2D eigenvalue weighted by Gasteiger charge is -2.21. The molecule has 8 aromatic carbocycles. The molecular weight excluding hydrogens is 1410 g/mol. The van der Waals surface area contributed by atoms with Gasteiger partial charge in [0.1, 0.15) is 0 Å². The third-order valence-corrected chi connectivity index (χ3v) is 20.6. The predicted molar refractivity (Wildman–Crippen MR) is 491 cm³/mol. The molecule has 8 aromatic rings. The maximum Gasteiger partial charge on any atom is 0.270 e. The highest BCUT2D eigenvalue weighted by Crippen LogP contribution is 2.30. The van der Waals surface area contributed by atoms with Crippen molar-refractivity contribution in [2.75, 3.05) is 0 Å². The van der Waals surface area contributed by atoms with E-state index in [1.165, 1.54) is 172 Å². The van der Waals surface area contributed by atoms with E-state index >= 15 is 0 Å². The summed E-state index contributed by atoms with van der Waals surface area (Å²) in [5.74, 6) is 5.44. The van der Waals surface area contributed by atoms with Gasteiger partial charge in [-0.2, -0.15) is 0 Å². The Labute approximate surface area is 692 Å². The molecule has 1 aliphatic carbocycles. The van der Waals surface area contributed by atoms with Crippen molar-refractivity contribution in [2.24, 2.45) is 59.2 Å². The van der Waals surface area contributed by atoms with Gasteiger partial charge in [0.2, 0.25) is 0 Å². The van der Waals surface area contributed by atoms with E-state index in [0.29, 0.717) is 5.92 Å². The number of hydrogen-bond acceptors (Lipinski definition) is 0. The van der Waals surface area contributed by atoms with Crippen molar-refractivity contribution in [3.05, 3.63) is 282 Å². The number of halogens is 5. The first-order chi connectivity index (χ1) is 52.1. The summed E-state index contributed by atoms with van der Waals surface area (Å²) in [5, 5.41) is 2.56. The van der Waals surface area contributed by atoms with Gasteiger partial charge in [-0.3, -0.25) is 0 Å². The zero-order valence-electron chi connectivity index (χ0n) is 73.7. The molecule has 0 saturated heterocycles. The number of benzene rings is 8. The van der Waals surface area contributed by atoms with Crippen LogP contribution in [-0.4, -0.2) is 0 Å². The first-order valence-electron chi connectivity index (χ1n) is 43.0. The molecule has 0 heterocycles. The molecule has 1 aliphatic rings. The van der Waals surface area contributed by atoms with Crippen molar-refractivity contribution in [3.63, 3.8) is 0 Å². The van der Waals surface area contributed by atoms with Crippen LogP contribution >= 0.6 is 34.8 Å². The van der Waals surface area contributed by atoms with Crippen molar-refractivity contribution in [1.82, 2.24) is 0 Å². The van der Waals surface area contributed by atoms with Gasteiger partial charge in [-0.15, -0.1) is 0 Å². The molecule has 0 unspecified atom stereocenters. The molecule has 0 aliphatic heterocycles. The first-order valence-corrected chi connectivity index (χ1v) is 44.2. The smallest absolute Gasteiger partial charge is 0.202 e. The van der Waals surface area contributed by atoms with Gasteiger partial charge in [-0.05, 0) is 274 Å². The second-order valence-corrected chi connectivity index (χ2v) is 36.3. The van der Waals surface area contributed by atoms with Crippen LogP contribution in [0, 0.1) is 73.0 Å². The lowest BCUT2D eigenvalue weighted by molar-refractivity contribution is 0.0174. The van der Waals surface area contributed by atoms with E-state index in [1.807, 2.05) is 43.3 Å². The van der Waals surface area contributed by atoms with E-state index in [-0.39, 0.29) is 5.56 Å². The van der Waals surface area contributed by atoms with Gasteiger partial charge in [0, 0.05) is 27.6 Å².